The molecule has 146 valence electrons. The second-order valence-electron chi connectivity index (χ2n) is 7.81. The number of hydrogen-bond acceptors (Lipinski definition) is 3. The summed E-state index contributed by atoms with van der Waals surface area (Å²) in [6, 6.07) is 13.9. The molecule has 5 nitrogen and oxygen atoms in total. The Bertz CT molecular complexity index is 829. The molecule has 1 aromatic carbocycles. The molecule has 1 aromatic heterocycles. The molecule has 5 heteroatoms. The maximum atomic E-state index is 13.1. The smallest absolute Gasteiger partial charge is 0.230 e. The largest absolute Gasteiger partial charge is 0.350 e. The first-order chi connectivity index (χ1) is 13.7. The molecule has 1 fully saturated rings. The van der Waals surface area contributed by atoms with Crippen molar-refractivity contribution >= 4 is 17.5 Å². The molecule has 1 aliphatic carbocycles. The molecule has 0 atom stereocenters. The number of fused-ring (bicyclic) bond motifs is 1. The van der Waals surface area contributed by atoms with Crippen molar-refractivity contribution in [2.45, 2.75) is 45.1 Å². The summed E-state index contributed by atoms with van der Waals surface area (Å²) in [5, 5.41) is 2.99. The van der Waals surface area contributed by atoms with Gasteiger partial charge in [0.05, 0.1) is 12.2 Å². The van der Waals surface area contributed by atoms with Crippen molar-refractivity contribution in [1.29, 1.82) is 0 Å². The highest BCUT2D eigenvalue weighted by atomic mass is 16.2. The fraction of sp³-hybridized carbons (Fsp3) is 0.435. The van der Waals surface area contributed by atoms with Gasteiger partial charge in [-0.15, -0.1) is 0 Å². The fourth-order valence-electron chi connectivity index (χ4n) is 4.41. The van der Waals surface area contributed by atoms with Crippen LogP contribution >= 0.6 is 0 Å². The number of anilines is 1. The summed E-state index contributed by atoms with van der Waals surface area (Å²) in [7, 11) is 0. The summed E-state index contributed by atoms with van der Waals surface area (Å²) in [5.41, 5.74) is 3.21. The minimum Gasteiger partial charge on any atom is -0.350 e. The van der Waals surface area contributed by atoms with Crippen molar-refractivity contribution < 1.29 is 9.59 Å². The molecule has 0 saturated heterocycles. The Morgan fingerprint density at radius 3 is 2.54 bits per heavy atom. The van der Waals surface area contributed by atoms with Crippen molar-refractivity contribution in [2.75, 3.05) is 11.4 Å². The van der Waals surface area contributed by atoms with Gasteiger partial charge in [0.1, 0.15) is 0 Å². The van der Waals surface area contributed by atoms with E-state index in [1.165, 1.54) is 5.56 Å². The number of pyridine rings is 1. The number of aryl methyl sites for hydroxylation is 1. The van der Waals surface area contributed by atoms with E-state index in [0.29, 0.717) is 6.54 Å². The lowest BCUT2D eigenvalue weighted by Gasteiger charge is -2.34. The van der Waals surface area contributed by atoms with Crippen LogP contribution in [0.3, 0.4) is 0 Å². The molecule has 1 saturated carbocycles. The van der Waals surface area contributed by atoms with E-state index >= 15 is 0 Å². The zero-order valence-electron chi connectivity index (χ0n) is 16.1. The monoisotopic (exact) mass is 377 g/mol. The Balaban J connectivity index is 1.30. The predicted molar refractivity (Wildman–Crippen MR) is 109 cm³/mol. The van der Waals surface area contributed by atoms with Gasteiger partial charge in [0, 0.05) is 30.3 Å². The molecule has 4 rings (SSSR count). The standard InChI is InChI=1S/C23H27N3O2/c27-22(25-16-20-8-3-4-14-24-20)18-10-12-19(13-11-18)23(28)26-15-5-7-17-6-1-2-9-21(17)26/h1-4,6,8-9,14,18-19H,5,7,10-13,15-16H2,(H,25,27). The number of hydrogen-bond donors (Lipinski definition) is 1. The van der Waals surface area contributed by atoms with Crippen LogP contribution in [0.4, 0.5) is 5.69 Å². The van der Waals surface area contributed by atoms with E-state index in [1.54, 1.807) is 6.20 Å². The van der Waals surface area contributed by atoms with Gasteiger partial charge in [0.25, 0.3) is 0 Å². The van der Waals surface area contributed by atoms with Crippen LogP contribution in [-0.4, -0.2) is 23.3 Å². The molecule has 2 aliphatic rings. The van der Waals surface area contributed by atoms with E-state index in [-0.39, 0.29) is 23.7 Å². The minimum absolute atomic E-state index is 0.00130. The lowest BCUT2D eigenvalue weighted by Crippen LogP contribution is -2.42. The maximum absolute atomic E-state index is 13.1. The third kappa shape index (κ3) is 4.08. The summed E-state index contributed by atoms with van der Waals surface area (Å²) in [6.07, 6.45) is 6.94. The van der Waals surface area contributed by atoms with Crippen LogP contribution in [0.2, 0.25) is 0 Å². The van der Waals surface area contributed by atoms with E-state index in [9.17, 15) is 9.59 Å². The lowest BCUT2D eigenvalue weighted by atomic mass is 9.80. The van der Waals surface area contributed by atoms with E-state index in [2.05, 4.69) is 22.4 Å². The third-order valence-electron chi connectivity index (χ3n) is 5.99. The van der Waals surface area contributed by atoms with Gasteiger partial charge in [-0.25, -0.2) is 0 Å². The van der Waals surface area contributed by atoms with Gasteiger partial charge in [0.15, 0.2) is 0 Å². The second kappa shape index (κ2) is 8.55. The van der Waals surface area contributed by atoms with Gasteiger partial charge in [0.2, 0.25) is 11.8 Å². The lowest BCUT2D eigenvalue weighted by molar-refractivity contribution is -0.129. The molecule has 2 amide bonds. The Labute approximate surface area is 166 Å². The Morgan fingerprint density at radius 1 is 1.00 bits per heavy atom. The number of nitrogens with one attached hydrogen (secondary N) is 1. The van der Waals surface area contributed by atoms with Crippen LogP contribution in [0.1, 0.15) is 43.4 Å². The SMILES string of the molecule is O=C(NCc1ccccn1)C1CCC(C(=O)N2CCCc3ccccc32)CC1. The number of benzene rings is 1. The van der Waals surface area contributed by atoms with Crippen molar-refractivity contribution in [3.8, 4) is 0 Å². The molecular weight excluding hydrogens is 350 g/mol. The van der Waals surface area contributed by atoms with Crippen LogP contribution in [-0.2, 0) is 22.6 Å². The van der Waals surface area contributed by atoms with Crippen LogP contribution in [0.15, 0.2) is 48.7 Å². The zero-order valence-corrected chi connectivity index (χ0v) is 16.1. The first-order valence-corrected chi connectivity index (χ1v) is 10.3. The van der Waals surface area contributed by atoms with Gasteiger partial charge >= 0.3 is 0 Å². The molecule has 2 heterocycles. The first kappa shape index (κ1) is 18.7. The van der Waals surface area contributed by atoms with Crippen LogP contribution < -0.4 is 10.2 Å². The predicted octanol–water partition coefficient (Wildman–Crippen LogP) is 3.48. The average molecular weight is 377 g/mol. The number of para-hydroxylation sites is 1. The summed E-state index contributed by atoms with van der Waals surface area (Å²) < 4.78 is 0. The van der Waals surface area contributed by atoms with E-state index in [1.807, 2.05) is 35.2 Å². The van der Waals surface area contributed by atoms with Gasteiger partial charge in [-0.1, -0.05) is 24.3 Å². The Morgan fingerprint density at radius 2 is 1.75 bits per heavy atom. The molecule has 0 unspecified atom stereocenters. The van der Waals surface area contributed by atoms with Gasteiger partial charge < -0.3 is 10.2 Å². The van der Waals surface area contributed by atoms with Crippen LogP contribution in [0, 0.1) is 11.8 Å². The van der Waals surface area contributed by atoms with Crippen molar-refractivity contribution in [2.24, 2.45) is 11.8 Å². The molecular formula is C23H27N3O2. The third-order valence-corrected chi connectivity index (χ3v) is 5.99. The van der Waals surface area contributed by atoms with E-state index in [4.69, 9.17) is 0 Å². The average Bonchev–Trinajstić information content (AvgIpc) is 2.77. The minimum atomic E-state index is 0.00130. The van der Waals surface area contributed by atoms with Crippen LogP contribution in [0.25, 0.3) is 0 Å². The van der Waals surface area contributed by atoms with E-state index in [0.717, 1.165) is 56.5 Å². The highest BCUT2D eigenvalue weighted by Crippen LogP contribution is 2.34. The summed E-state index contributed by atoms with van der Waals surface area (Å²) in [6.45, 7) is 1.27. The zero-order chi connectivity index (χ0) is 19.3. The molecule has 28 heavy (non-hydrogen) atoms. The molecule has 0 spiro atoms. The number of carbonyl (C=O) groups excluding carboxylic acids is 2. The number of amides is 2. The summed E-state index contributed by atoms with van der Waals surface area (Å²) >= 11 is 0. The second-order valence-corrected chi connectivity index (χ2v) is 7.81. The number of rotatable bonds is 4. The normalized spacial score (nSPS) is 21.6. The van der Waals surface area contributed by atoms with Gasteiger partial charge in [-0.2, -0.15) is 0 Å². The maximum Gasteiger partial charge on any atom is 0.230 e. The molecule has 1 N–H and O–H groups in total. The molecule has 0 bridgehead atoms. The van der Waals surface area contributed by atoms with Gasteiger partial charge in [-0.3, -0.25) is 14.6 Å². The van der Waals surface area contributed by atoms with E-state index < -0.39 is 0 Å². The van der Waals surface area contributed by atoms with Gasteiger partial charge in [-0.05, 0) is 62.3 Å². The number of aromatic nitrogens is 1. The topological polar surface area (TPSA) is 62.3 Å². The molecule has 1 aliphatic heterocycles. The van der Waals surface area contributed by atoms with Crippen LogP contribution in [0.5, 0.6) is 0 Å². The Kier molecular flexibility index (Phi) is 5.70. The highest BCUT2D eigenvalue weighted by Gasteiger charge is 2.33. The number of carbonyl (C=O) groups is 2. The Hall–Kier alpha value is -2.69. The van der Waals surface area contributed by atoms with Crippen molar-refractivity contribution in [3.05, 3.63) is 59.9 Å². The first-order valence-electron chi connectivity index (χ1n) is 10.3. The van der Waals surface area contributed by atoms with Crippen molar-refractivity contribution in [3.63, 3.8) is 0 Å². The summed E-state index contributed by atoms with van der Waals surface area (Å²) in [5.74, 6) is 0.353. The molecule has 2 aromatic rings. The quantitative estimate of drug-likeness (QED) is 0.887. The highest BCUT2D eigenvalue weighted by molar-refractivity contribution is 5.96. The molecule has 0 radical (unpaired) electrons. The fourth-order valence-corrected chi connectivity index (χ4v) is 4.41. The number of nitrogens with zero attached hydrogens (tertiary/aromatic N) is 2. The summed E-state index contributed by atoms with van der Waals surface area (Å²) in [4.78, 5) is 31.8. The van der Waals surface area contributed by atoms with Crippen molar-refractivity contribution in [1.82, 2.24) is 10.3 Å².